The molecule has 0 radical (unpaired) electrons. The number of halogens is 1. The van der Waals surface area contributed by atoms with Gasteiger partial charge in [0.15, 0.2) is 0 Å². The zero-order valence-corrected chi connectivity index (χ0v) is 9.00. The van der Waals surface area contributed by atoms with Crippen LogP contribution in [-0.4, -0.2) is 6.04 Å². The summed E-state index contributed by atoms with van der Waals surface area (Å²) in [5, 5.41) is 11.9. The number of hydrogen-bond donors (Lipinski definition) is 1. The lowest BCUT2D eigenvalue weighted by molar-refractivity contribution is 0.465. The van der Waals surface area contributed by atoms with Gasteiger partial charge in [0.05, 0.1) is 12.1 Å². The van der Waals surface area contributed by atoms with Gasteiger partial charge in [-0.15, -0.1) is 0 Å². The van der Waals surface area contributed by atoms with Crippen molar-refractivity contribution in [2.75, 3.05) is 0 Å². The van der Waals surface area contributed by atoms with E-state index >= 15 is 0 Å². The maximum absolute atomic E-state index is 13.2. The molecule has 1 aromatic carbocycles. The summed E-state index contributed by atoms with van der Waals surface area (Å²) in [6.07, 6.45) is 0. The van der Waals surface area contributed by atoms with Crippen LogP contribution in [-0.2, 0) is 6.54 Å². The molecule has 1 aromatic rings. The number of nitriles is 1. The Morgan fingerprint density at radius 1 is 1.40 bits per heavy atom. The van der Waals surface area contributed by atoms with Gasteiger partial charge in [0, 0.05) is 12.1 Å². The molecule has 0 amide bonds. The van der Waals surface area contributed by atoms with Gasteiger partial charge in [0.1, 0.15) is 5.82 Å². The smallest absolute Gasteiger partial charge is 0.127 e. The Hall–Kier alpha value is -1.40. The molecule has 0 saturated carbocycles. The van der Waals surface area contributed by atoms with Gasteiger partial charge < -0.3 is 0 Å². The molecule has 0 heterocycles. The zero-order chi connectivity index (χ0) is 11.3. The minimum Gasteiger partial charge on any atom is -0.297 e. The highest BCUT2D eigenvalue weighted by atomic mass is 19.1. The first kappa shape index (κ1) is 11.7. The lowest BCUT2D eigenvalue weighted by Crippen LogP contribution is -2.32. The van der Waals surface area contributed by atoms with Crippen molar-refractivity contribution in [3.8, 4) is 6.07 Å². The van der Waals surface area contributed by atoms with E-state index < -0.39 is 0 Å². The van der Waals surface area contributed by atoms with E-state index in [-0.39, 0.29) is 17.8 Å². The van der Waals surface area contributed by atoms with E-state index in [9.17, 15) is 4.39 Å². The van der Waals surface area contributed by atoms with Crippen LogP contribution in [0.1, 0.15) is 19.4 Å². The van der Waals surface area contributed by atoms with E-state index in [1.807, 2.05) is 13.8 Å². The summed E-state index contributed by atoms with van der Waals surface area (Å²) in [6.45, 7) is 4.31. The molecule has 15 heavy (non-hydrogen) atoms. The predicted octanol–water partition coefficient (Wildman–Crippen LogP) is 2.46. The molecule has 2 nitrogen and oxygen atoms in total. The molecular formula is C12H15FN2. The highest BCUT2D eigenvalue weighted by molar-refractivity contribution is 5.17. The van der Waals surface area contributed by atoms with E-state index in [4.69, 9.17) is 5.26 Å². The average molecular weight is 206 g/mol. The molecule has 0 aliphatic heterocycles. The van der Waals surface area contributed by atoms with Gasteiger partial charge in [-0.05, 0) is 12.0 Å². The molecule has 0 aliphatic carbocycles. The Labute approximate surface area is 89.7 Å². The molecule has 3 heteroatoms. The van der Waals surface area contributed by atoms with Crippen molar-refractivity contribution in [1.82, 2.24) is 5.32 Å². The van der Waals surface area contributed by atoms with E-state index in [1.54, 1.807) is 18.2 Å². The summed E-state index contributed by atoms with van der Waals surface area (Å²) in [5.74, 6) is -0.00720. The van der Waals surface area contributed by atoms with Crippen LogP contribution in [0.15, 0.2) is 24.3 Å². The first-order valence-corrected chi connectivity index (χ1v) is 5.01. The summed E-state index contributed by atoms with van der Waals surface area (Å²) in [5.41, 5.74) is 0.596. The molecule has 1 N–H and O–H groups in total. The number of nitrogens with zero attached hydrogens (tertiary/aromatic N) is 1. The third-order valence-corrected chi connectivity index (χ3v) is 2.28. The van der Waals surface area contributed by atoms with E-state index in [0.29, 0.717) is 12.1 Å². The maximum Gasteiger partial charge on any atom is 0.127 e. The van der Waals surface area contributed by atoms with Crippen LogP contribution in [0.3, 0.4) is 0 Å². The van der Waals surface area contributed by atoms with Gasteiger partial charge in [-0.3, -0.25) is 5.32 Å². The van der Waals surface area contributed by atoms with E-state index in [0.717, 1.165) is 0 Å². The third kappa shape index (κ3) is 3.34. The normalized spacial score (nSPS) is 12.5. The first-order valence-electron chi connectivity index (χ1n) is 5.01. The zero-order valence-electron chi connectivity index (χ0n) is 9.00. The SMILES string of the molecule is CC(C)C(C#N)NCc1ccccc1F. The predicted molar refractivity (Wildman–Crippen MR) is 57.5 cm³/mol. The fourth-order valence-electron chi connectivity index (χ4n) is 1.29. The Morgan fingerprint density at radius 2 is 2.07 bits per heavy atom. The molecule has 0 bridgehead atoms. The number of benzene rings is 1. The van der Waals surface area contributed by atoms with Crippen molar-refractivity contribution < 1.29 is 4.39 Å². The summed E-state index contributed by atoms with van der Waals surface area (Å²) in [4.78, 5) is 0. The van der Waals surface area contributed by atoms with Crippen LogP contribution < -0.4 is 5.32 Å². The second-order valence-electron chi connectivity index (χ2n) is 3.82. The van der Waals surface area contributed by atoms with Crippen LogP contribution in [0, 0.1) is 23.1 Å². The van der Waals surface area contributed by atoms with E-state index in [1.165, 1.54) is 6.07 Å². The molecule has 0 spiro atoms. The molecule has 80 valence electrons. The Kier molecular flexibility index (Phi) is 4.26. The van der Waals surface area contributed by atoms with Gasteiger partial charge in [-0.1, -0.05) is 32.0 Å². The Bertz CT molecular complexity index is 355. The van der Waals surface area contributed by atoms with Crippen LogP contribution >= 0.6 is 0 Å². The van der Waals surface area contributed by atoms with Gasteiger partial charge >= 0.3 is 0 Å². The van der Waals surface area contributed by atoms with Crippen LogP contribution in [0.4, 0.5) is 4.39 Å². The average Bonchev–Trinajstić information content (AvgIpc) is 2.21. The second-order valence-corrected chi connectivity index (χ2v) is 3.82. The van der Waals surface area contributed by atoms with Gasteiger partial charge in [-0.25, -0.2) is 4.39 Å². The van der Waals surface area contributed by atoms with Crippen molar-refractivity contribution in [3.63, 3.8) is 0 Å². The monoisotopic (exact) mass is 206 g/mol. The Balaban J connectivity index is 2.58. The molecule has 0 aromatic heterocycles. The van der Waals surface area contributed by atoms with Gasteiger partial charge in [0.2, 0.25) is 0 Å². The standard InChI is InChI=1S/C12H15FN2/c1-9(2)12(7-14)15-8-10-5-3-4-6-11(10)13/h3-6,9,12,15H,8H2,1-2H3. The van der Waals surface area contributed by atoms with E-state index in [2.05, 4.69) is 11.4 Å². The number of rotatable bonds is 4. The van der Waals surface area contributed by atoms with Gasteiger partial charge in [0.25, 0.3) is 0 Å². The lowest BCUT2D eigenvalue weighted by Gasteiger charge is -2.14. The third-order valence-electron chi connectivity index (χ3n) is 2.28. The quantitative estimate of drug-likeness (QED) is 0.821. The Morgan fingerprint density at radius 3 is 2.60 bits per heavy atom. The van der Waals surface area contributed by atoms with Crippen molar-refractivity contribution in [2.24, 2.45) is 5.92 Å². The summed E-state index contributed by atoms with van der Waals surface area (Å²) in [7, 11) is 0. The maximum atomic E-state index is 13.2. The largest absolute Gasteiger partial charge is 0.297 e. The van der Waals surface area contributed by atoms with Crippen molar-refractivity contribution in [3.05, 3.63) is 35.6 Å². The van der Waals surface area contributed by atoms with Crippen LogP contribution in [0.2, 0.25) is 0 Å². The first-order chi connectivity index (χ1) is 7.15. The summed E-state index contributed by atoms with van der Waals surface area (Å²) < 4.78 is 13.2. The topological polar surface area (TPSA) is 35.8 Å². The molecule has 1 atom stereocenters. The minimum atomic E-state index is -0.232. The number of hydrogen-bond acceptors (Lipinski definition) is 2. The minimum absolute atomic E-state index is 0.224. The lowest BCUT2D eigenvalue weighted by atomic mass is 10.1. The fourth-order valence-corrected chi connectivity index (χ4v) is 1.29. The molecule has 1 rings (SSSR count). The molecule has 0 saturated heterocycles. The van der Waals surface area contributed by atoms with Gasteiger partial charge in [-0.2, -0.15) is 5.26 Å². The molecular weight excluding hydrogens is 191 g/mol. The molecule has 0 aliphatic rings. The highest BCUT2D eigenvalue weighted by Gasteiger charge is 2.11. The highest BCUT2D eigenvalue weighted by Crippen LogP contribution is 2.07. The number of nitrogens with one attached hydrogen (secondary N) is 1. The molecule has 0 fully saturated rings. The van der Waals surface area contributed by atoms with Crippen LogP contribution in [0.5, 0.6) is 0 Å². The second kappa shape index (κ2) is 5.47. The van der Waals surface area contributed by atoms with Crippen LogP contribution in [0.25, 0.3) is 0 Å². The van der Waals surface area contributed by atoms with Crippen molar-refractivity contribution >= 4 is 0 Å². The summed E-state index contributed by atoms with van der Waals surface area (Å²) in [6, 6.07) is 8.51. The fraction of sp³-hybridized carbons (Fsp3) is 0.417. The molecule has 1 unspecified atom stereocenters. The van der Waals surface area contributed by atoms with Crippen molar-refractivity contribution in [2.45, 2.75) is 26.4 Å². The summed E-state index contributed by atoms with van der Waals surface area (Å²) >= 11 is 0. The van der Waals surface area contributed by atoms with Crippen molar-refractivity contribution in [1.29, 1.82) is 5.26 Å².